The van der Waals surface area contributed by atoms with Crippen molar-refractivity contribution in [3.63, 3.8) is 0 Å². The van der Waals surface area contributed by atoms with Gasteiger partial charge in [0.15, 0.2) is 16.2 Å². The van der Waals surface area contributed by atoms with Gasteiger partial charge < -0.3 is 0 Å². The molecule has 0 N–H and O–H groups in total. The molecular weight excluding hydrogens is 449 g/mol. The molecule has 0 saturated heterocycles. The number of hydrogen-bond donors (Lipinski definition) is 0. The number of sulfonamides is 1. The van der Waals surface area contributed by atoms with Crippen molar-refractivity contribution in [2.45, 2.75) is 134 Å². The Labute approximate surface area is 208 Å². The number of benzene rings is 1. The van der Waals surface area contributed by atoms with Crippen LogP contribution in [0.1, 0.15) is 123 Å². The van der Waals surface area contributed by atoms with Gasteiger partial charge in [0.2, 0.25) is 5.39 Å². The van der Waals surface area contributed by atoms with E-state index in [1.165, 1.54) is 57.1 Å². The Bertz CT molecular complexity index is 795. The Hall–Kier alpha value is -1.52. The van der Waals surface area contributed by atoms with Crippen LogP contribution in [-0.2, 0) is 10.0 Å². The van der Waals surface area contributed by atoms with Crippen LogP contribution in [-0.4, -0.2) is 25.6 Å². The van der Waals surface area contributed by atoms with Crippen LogP contribution in [0.15, 0.2) is 29.2 Å². The van der Waals surface area contributed by atoms with Crippen LogP contribution in [0, 0.1) is 5.39 Å². The molecule has 1 unspecified atom stereocenters. The van der Waals surface area contributed by atoms with Gasteiger partial charge in [-0.1, -0.05) is 116 Å². The summed E-state index contributed by atoms with van der Waals surface area (Å²) in [6, 6.07) is 5.97. The van der Waals surface area contributed by atoms with Crippen LogP contribution >= 0.6 is 0 Å². The quantitative estimate of drug-likeness (QED) is 0.0968. The fourth-order valence-corrected chi connectivity index (χ4v) is 5.94. The highest BCUT2D eigenvalue weighted by atomic mass is 32.2. The Morgan fingerprint density at radius 3 is 1.79 bits per heavy atom. The van der Waals surface area contributed by atoms with Crippen molar-refractivity contribution in [2.75, 3.05) is 6.54 Å². The molecule has 5 nitrogen and oxygen atoms in total. The predicted molar refractivity (Wildman–Crippen MR) is 140 cm³/mol. The van der Waals surface area contributed by atoms with Gasteiger partial charge in [0.25, 0.3) is 10.0 Å². The van der Waals surface area contributed by atoms with Crippen LogP contribution in [0.4, 0.5) is 10.1 Å². The molecular formula is C27H47FN3O2S+. The maximum Gasteiger partial charge on any atom is 0.404 e. The molecule has 0 radical (unpaired) electrons. The monoisotopic (exact) mass is 496 g/mol. The summed E-state index contributed by atoms with van der Waals surface area (Å²) in [5.74, 6) is 0. The maximum absolute atomic E-state index is 15.3. The van der Waals surface area contributed by atoms with Gasteiger partial charge in [-0.3, -0.25) is 0 Å². The number of alkyl halides is 1. The molecule has 0 aliphatic heterocycles. The number of halogens is 1. The van der Waals surface area contributed by atoms with E-state index >= 15 is 4.39 Å². The highest BCUT2D eigenvalue weighted by Gasteiger charge is 2.36. The number of diazo groups is 1. The molecule has 1 aromatic rings. The zero-order valence-corrected chi connectivity index (χ0v) is 22.4. The second-order valence-corrected chi connectivity index (χ2v) is 11.2. The first-order chi connectivity index (χ1) is 16.5. The molecule has 0 amide bonds. The third-order valence-corrected chi connectivity index (χ3v) is 8.33. The van der Waals surface area contributed by atoms with Crippen LogP contribution in [0.2, 0.25) is 0 Å². The fourth-order valence-electron chi connectivity index (χ4n) is 4.29. The lowest BCUT2D eigenvalue weighted by molar-refractivity contribution is 0.148. The highest BCUT2D eigenvalue weighted by Crippen LogP contribution is 2.30. The van der Waals surface area contributed by atoms with Gasteiger partial charge in [0.05, 0.1) is 0 Å². The summed E-state index contributed by atoms with van der Waals surface area (Å²) in [5.41, 5.74) is -0.0541. The number of nitrogens with zero attached hydrogens (tertiary/aromatic N) is 3. The standard InChI is InChI=1S/C27H47FN3O2S/c1-3-5-7-9-10-11-12-13-14-16-20-24-31(27(28)23-17-15-8-6-4-2)34(32,33)26-22-19-18-21-25(26)30-29/h18-19,21-22,27H,3-17,20,23-24H2,1-2H3/q+1. The summed E-state index contributed by atoms with van der Waals surface area (Å²) >= 11 is 0. The van der Waals surface area contributed by atoms with Crippen molar-refractivity contribution >= 4 is 15.7 Å². The molecule has 0 spiro atoms. The zero-order valence-electron chi connectivity index (χ0n) is 21.6. The Balaban J connectivity index is 2.61. The smallest absolute Gasteiger partial charge is 0.229 e. The lowest BCUT2D eigenvalue weighted by Crippen LogP contribution is -2.38. The number of unbranched alkanes of at least 4 members (excludes halogenated alkanes) is 14. The van der Waals surface area contributed by atoms with Gasteiger partial charge >= 0.3 is 5.69 Å². The molecule has 1 atom stereocenters. The first-order valence-corrected chi connectivity index (χ1v) is 15.0. The maximum atomic E-state index is 15.3. The van der Waals surface area contributed by atoms with Gasteiger partial charge in [-0.05, 0) is 25.3 Å². The van der Waals surface area contributed by atoms with Gasteiger partial charge in [-0.2, -0.15) is 4.31 Å². The molecule has 194 valence electrons. The van der Waals surface area contributed by atoms with Gasteiger partial charge in [-0.25, -0.2) is 12.8 Å². The Morgan fingerprint density at radius 2 is 1.26 bits per heavy atom. The van der Waals surface area contributed by atoms with Crippen molar-refractivity contribution in [1.82, 2.24) is 4.31 Å². The lowest BCUT2D eigenvalue weighted by Gasteiger charge is -2.25. The van der Waals surface area contributed by atoms with Crippen molar-refractivity contribution in [2.24, 2.45) is 0 Å². The van der Waals surface area contributed by atoms with E-state index in [1.54, 1.807) is 12.1 Å². The molecule has 0 bridgehead atoms. The molecule has 34 heavy (non-hydrogen) atoms. The van der Waals surface area contributed by atoms with E-state index in [-0.39, 0.29) is 23.5 Å². The molecule has 0 aliphatic carbocycles. The molecule has 1 aromatic carbocycles. The topological polar surface area (TPSA) is 65.5 Å². The molecule has 1 rings (SSSR count). The van der Waals surface area contributed by atoms with E-state index in [4.69, 9.17) is 0 Å². The van der Waals surface area contributed by atoms with Crippen LogP contribution in [0.5, 0.6) is 0 Å². The molecule has 0 saturated carbocycles. The third kappa shape index (κ3) is 11.8. The van der Waals surface area contributed by atoms with E-state index in [0.29, 0.717) is 12.8 Å². The molecule has 0 fully saturated rings. The first kappa shape index (κ1) is 30.5. The van der Waals surface area contributed by atoms with E-state index in [2.05, 4.69) is 18.8 Å². The summed E-state index contributed by atoms with van der Waals surface area (Å²) in [4.78, 5) is 2.96. The normalized spacial score (nSPS) is 12.7. The second kappa shape index (κ2) is 18.8. The van der Waals surface area contributed by atoms with Gasteiger partial charge in [0, 0.05) is 12.6 Å². The largest absolute Gasteiger partial charge is 0.404 e. The SMILES string of the molecule is CCCCCCCCCCCCCN(C(F)CCCCCCC)S(=O)(=O)c1ccccc1[N+]#N. The molecule has 0 aromatic heterocycles. The lowest BCUT2D eigenvalue weighted by atomic mass is 10.1. The first-order valence-electron chi connectivity index (χ1n) is 13.6. The highest BCUT2D eigenvalue weighted by molar-refractivity contribution is 7.89. The van der Waals surface area contributed by atoms with Crippen LogP contribution < -0.4 is 0 Å². The van der Waals surface area contributed by atoms with Crippen molar-refractivity contribution < 1.29 is 12.8 Å². The van der Waals surface area contributed by atoms with Crippen molar-refractivity contribution in [3.05, 3.63) is 29.2 Å². The van der Waals surface area contributed by atoms with E-state index in [0.717, 1.165) is 49.3 Å². The summed E-state index contributed by atoms with van der Waals surface area (Å²) in [5, 5.41) is 9.25. The molecule has 0 aliphatic rings. The van der Waals surface area contributed by atoms with Crippen LogP contribution in [0.3, 0.4) is 0 Å². The average molecular weight is 497 g/mol. The summed E-state index contributed by atoms with van der Waals surface area (Å²) in [6.07, 6.45) is 16.2. The predicted octanol–water partition coefficient (Wildman–Crippen LogP) is 9.13. The van der Waals surface area contributed by atoms with E-state index in [1.807, 2.05) is 0 Å². The van der Waals surface area contributed by atoms with E-state index in [9.17, 15) is 13.8 Å². The summed E-state index contributed by atoms with van der Waals surface area (Å²) < 4.78 is 42.9. The zero-order chi connectivity index (χ0) is 25.1. The minimum atomic E-state index is -4.10. The van der Waals surface area contributed by atoms with Crippen molar-refractivity contribution in [3.8, 4) is 0 Å². The molecule has 7 heteroatoms. The van der Waals surface area contributed by atoms with E-state index < -0.39 is 16.3 Å². The number of hydrogen-bond acceptors (Lipinski definition) is 3. The second-order valence-electron chi connectivity index (χ2n) is 9.36. The minimum Gasteiger partial charge on any atom is -0.229 e. The molecule has 0 heterocycles. The third-order valence-electron chi connectivity index (χ3n) is 6.40. The summed E-state index contributed by atoms with van der Waals surface area (Å²) in [7, 11) is -4.10. The van der Waals surface area contributed by atoms with Crippen LogP contribution in [0.25, 0.3) is 4.98 Å². The average Bonchev–Trinajstić information content (AvgIpc) is 2.84. The fraction of sp³-hybridized carbons (Fsp3) is 0.778. The van der Waals surface area contributed by atoms with Gasteiger partial charge in [-0.15, -0.1) is 0 Å². The Morgan fingerprint density at radius 1 is 0.794 bits per heavy atom. The van der Waals surface area contributed by atoms with Gasteiger partial charge in [0.1, 0.15) is 0 Å². The summed E-state index contributed by atoms with van der Waals surface area (Å²) in [6.45, 7) is 4.50. The minimum absolute atomic E-state index is 0.0541. The van der Waals surface area contributed by atoms with Crippen molar-refractivity contribution in [1.29, 1.82) is 5.39 Å². The Kier molecular flexibility index (Phi) is 16.8. The number of rotatable bonds is 21.